The Bertz CT molecular complexity index is 530. The van der Waals surface area contributed by atoms with Gasteiger partial charge in [-0.1, -0.05) is 0 Å². The first-order valence-electron chi connectivity index (χ1n) is 7.94. The third kappa shape index (κ3) is 4.69. The monoisotopic (exact) mass is 320 g/mol. The maximum absolute atomic E-state index is 12.6. The van der Waals surface area contributed by atoms with Gasteiger partial charge in [-0.05, 0) is 37.6 Å². The predicted molar refractivity (Wildman–Crippen MR) is 86.6 cm³/mol. The minimum absolute atomic E-state index is 0.00547. The molecule has 2 rings (SSSR count). The Hall–Kier alpha value is -2.08. The first-order chi connectivity index (χ1) is 11.2. The topological polar surface area (TPSA) is 59.1 Å². The molecule has 0 radical (unpaired) electrons. The summed E-state index contributed by atoms with van der Waals surface area (Å²) in [6.45, 7) is 5.02. The van der Waals surface area contributed by atoms with Crippen molar-refractivity contribution in [1.29, 1.82) is 0 Å². The zero-order valence-corrected chi connectivity index (χ0v) is 13.8. The van der Waals surface area contributed by atoms with Gasteiger partial charge in [0.1, 0.15) is 12.4 Å². The lowest BCUT2D eigenvalue weighted by molar-refractivity contribution is -0.135. The molecule has 0 atom stereocenters. The van der Waals surface area contributed by atoms with Gasteiger partial charge in [-0.25, -0.2) is 0 Å². The molecule has 126 valence electrons. The summed E-state index contributed by atoms with van der Waals surface area (Å²) in [6.07, 6.45) is 0.776. The number of nitrogens with zero attached hydrogens (tertiary/aromatic N) is 2. The van der Waals surface area contributed by atoms with E-state index in [0.29, 0.717) is 38.3 Å². The molecule has 1 aromatic rings. The summed E-state index contributed by atoms with van der Waals surface area (Å²) in [5.74, 6) is 0.730. The number of amides is 2. The van der Waals surface area contributed by atoms with Crippen molar-refractivity contribution in [3.05, 3.63) is 29.8 Å². The van der Waals surface area contributed by atoms with Gasteiger partial charge in [0.15, 0.2) is 0 Å². The van der Waals surface area contributed by atoms with Crippen LogP contribution in [0, 0.1) is 0 Å². The van der Waals surface area contributed by atoms with Gasteiger partial charge in [0, 0.05) is 38.9 Å². The molecule has 1 heterocycles. The van der Waals surface area contributed by atoms with Gasteiger partial charge in [-0.15, -0.1) is 0 Å². The Morgan fingerprint density at radius 3 is 2.35 bits per heavy atom. The van der Waals surface area contributed by atoms with E-state index in [1.807, 2.05) is 19.1 Å². The number of hydrogen-bond acceptors (Lipinski definition) is 4. The van der Waals surface area contributed by atoms with Crippen molar-refractivity contribution >= 4 is 11.8 Å². The van der Waals surface area contributed by atoms with Crippen LogP contribution in [-0.4, -0.2) is 68.1 Å². The average Bonchev–Trinajstić information content (AvgIpc) is 2.81. The number of hydrogen-bond donors (Lipinski definition) is 0. The highest BCUT2D eigenvalue weighted by molar-refractivity contribution is 5.94. The molecule has 1 saturated heterocycles. The lowest BCUT2D eigenvalue weighted by atomic mass is 10.2. The summed E-state index contributed by atoms with van der Waals surface area (Å²) >= 11 is 0. The summed E-state index contributed by atoms with van der Waals surface area (Å²) in [5, 5.41) is 0. The van der Waals surface area contributed by atoms with Gasteiger partial charge in [-0.3, -0.25) is 9.59 Å². The molecule has 23 heavy (non-hydrogen) atoms. The van der Waals surface area contributed by atoms with Crippen molar-refractivity contribution in [2.75, 3.05) is 46.5 Å². The molecule has 0 spiro atoms. The molecule has 0 bridgehead atoms. The van der Waals surface area contributed by atoms with Crippen molar-refractivity contribution in [2.24, 2.45) is 0 Å². The Balaban J connectivity index is 1.96. The van der Waals surface area contributed by atoms with Crippen LogP contribution in [0.5, 0.6) is 5.75 Å². The molecular weight excluding hydrogens is 296 g/mol. The van der Waals surface area contributed by atoms with Crippen LogP contribution in [0.4, 0.5) is 0 Å². The van der Waals surface area contributed by atoms with E-state index >= 15 is 0 Å². The number of ether oxygens (including phenoxy) is 2. The molecule has 6 nitrogen and oxygen atoms in total. The third-order valence-electron chi connectivity index (χ3n) is 3.82. The van der Waals surface area contributed by atoms with E-state index in [9.17, 15) is 9.59 Å². The zero-order valence-electron chi connectivity index (χ0n) is 13.8. The predicted octanol–water partition coefficient (Wildman–Crippen LogP) is 1.41. The van der Waals surface area contributed by atoms with E-state index in [4.69, 9.17) is 9.47 Å². The second-order valence-electron chi connectivity index (χ2n) is 5.42. The Kier molecular flexibility index (Phi) is 6.40. The largest absolute Gasteiger partial charge is 0.494 e. The summed E-state index contributed by atoms with van der Waals surface area (Å²) < 4.78 is 10.3. The van der Waals surface area contributed by atoms with E-state index < -0.39 is 0 Å². The molecule has 0 N–H and O–H groups in total. The number of carbonyl (C=O) groups is 2. The minimum Gasteiger partial charge on any atom is -0.494 e. The quantitative estimate of drug-likeness (QED) is 0.823. The average molecular weight is 320 g/mol. The Morgan fingerprint density at radius 2 is 1.70 bits per heavy atom. The number of carbonyl (C=O) groups excluding carboxylic acids is 2. The fourth-order valence-electron chi connectivity index (χ4n) is 2.63. The lowest BCUT2D eigenvalue weighted by Gasteiger charge is -2.22. The van der Waals surface area contributed by atoms with Crippen LogP contribution in [0.15, 0.2) is 24.3 Å². The molecule has 1 aliphatic heterocycles. The van der Waals surface area contributed by atoms with Gasteiger partial charge >= 0.3 is 0 Å². The highest BCUT2D eigenvalue weighted by atomic mass is 16.5. The molecule has 1 aromatic carbocycles. The summed E-state index contributed by atoms with van der Waals surface area (Å²) in [7, 11) is 1.51. The van der Waals surface area contributed by atoms with Gasteiger partial charge in [0.05, 0.1) is 6.61 Å². The van der Waals surface area contributed by atoms with Crippen molar-refractivity contribution in [3.63, 3.8) is 0 Å². The summed E-state index contributed by atoms with van der Waals surface area (Å²) in [4.78, 5) is 28.0. The van der Waals surface area contributed by atoms with Gasteiger partial charge in [0.25, 0.3) is 5.91 Å². The van der Waals surface area contributed by atoms with Crippen molar-refractivity contribution in [3.8, 4) is 5.75 Å². The van der Waals surface area contributed by atoms with Gasteiger partial charge in [0.2, 0.25) is 5.91 Å². The van der Waals surface area contributed by atoms with Crippen LogP contribution in [0.3, 0.4) is 0 Å². The van der Waals surface area contributed by atoms with Crippen LogP contribution in [0.25, 0.3) is 0 Å². The van der Waals surface area contributed by atoms with E-state index in [1.165, 1.54) is 7.11 Å². The van der Waals surface area contributed by atoms with Crippen molar-refractivity contribution in [1.82, 2.24) is 9.80 Å². The third-order valence-corrected chi connectivity index (χ3v) is 3.82. The first-order valence-corrected chi connectivity index (χ1v) is 7.94. The maximum Gasteiger partial charge on any atom is 0.253 e. The van der Waals surface area contributed by atoms with Crippen LogP contribution in [0.2, 0.25) is 0 Å². The number of benzene rings is 1. The standard InChI is InChI=1S/C17H24N2O4/c1-3-23-15-7-5-14(6-8-15)17(21)19-10-4-9-18(11-12-19)16(20)13-22-2/h5-8H,3-4,9-13H2,1-2H3. The van der Waals surface area contributed by atoms with Crippen molar-refractivity contribution in [2.45, 2.75) is 13.3 Å². The number of methoxy groups -OCH3 is 1. The second-order valence-corrected chi connectivity index (χ2v) is 5.42. The first kappa shape index (κ1) is 17.3. The van der Waals surface area contributed by atoms with E-state index in [-0.39, 0.29) is 18.4 Å². The van der Waals surface area contributed by atoms with Crippen molar-refractivity contribution < 1.29 is 19.1 Å². The van der Waals surface area contributed by atoms with Crippen LogP contribution in [-0.2, 0) is 9.53 Å². The molecule has 1 aliphatic rings. The zero-order chi connectivity index (χ0) is 16.7. The minimum atomic E-state index is -0.0251. The molecular formula is C17H24N2O4. The van der Waals surface area contributed by atoms with Crippen LogP contribution >= 0.6 is 0 Å². The number of rotatable bonds is 5. The van der Waals surface area contributed by atoms with E-state index in [2.05, 4.69) is 0 Å². The summed E-state index contributed by atoms with van der Waals surface area (Å²) in [5.41, 5.74) is 0.644. The Morgan fingerprint density at radius 1 is 1.04 bits per heavy atom. The van der Waals surface area contributed by atoms with Crippen LogP contribution in [0.1, 0.15) is 23.7 Å². The fourth-order valence-corrected chi connectivity index (χ4v) is 2.63. The summed E-state index contributed by atoms with van der Waals surface area (Å²) in [6, 6.07) is 7.18. The van der Waals surface area contributed by atoms with Gasteiger partial charge < -0.3 is 19.3 Å². The van der Waals surface area contributed by atoms with E-state index in [1.54, 1.807) is 21.9 Å². The molecule has 6 heteroatoms. The van der Waals surface area contributed by atoms with Gasteiger partial charge in [-0.2, -0.15) is 0 Å². The second kappa shape index (κ2) is 8.53. The molecule has 0 aliphatic carbocycles. The smallest absolute Gasteiger partial charge is 0.253 e. The SMILES string of the molecule is CCOc1ccc(C(=O)N2CCCN(C(=O)COC)CC2)cc1. The normalized spacial score (nSPS) is 15.2. The molecule has 1 fully saturated rings. The fraction of sp³-hybridized carbons (Fsp3) is 0.529. The molecule has 2 amide bonds. The maximum atomic E-state index is 12.6. The highest BCUT2D eigenvalue weighted by Crippen LogP contribution is 2.15. The Labute approximate surface area is 137 Å². The van der Waals surface area contributed by atoms with E-state index in [0.717, 1.165) is 12.2 Å². The molecule has 0 aromatic heterocycles. The lowest BCUT2D eigenvalue weighted by Crippen LogP contribution is -2.38. The van der Waals surface area contributed by atoms with Crippen LogP contribution < -0.4 is 4.74 Å². The highest BCUT2D eigenvalue weighted by Gasteiger charge is 2.22. The molecule has 0 saturated carbocycles. The molecule has 0 unspecified atom stereocenters.